The zero-order chi connectivity index (χ0) is 15.6. The normalized spacial score (nSPS) is 23.0. The number of ether oxygens (including phenoxy) is 1. The van der Waals surface area contributed by atoms with Crippen LogP contribution in [0.2, 0.25) is 0 Å². The molecule has 21 heavy (non-hydrogen) atoms. The van der Waals surface area contributed by atoms with Crippen LogP contribution in [0.15, 0.2) is 24.3 Å². The van der Waals surface area contributed by atoms with Crippen LogP contribution in [0.5, 0.6) is 5.75 Å². The van der Waals surface area contributed by atoms with Crippen LogP contribution in [0.3, 0.4) is 0 Å². The lowest BCUT2D eigenvalue weighted by Crippen LogP contribution is -2.54. The number of benzene rings is 1. The first-order chi connectivity index (χ1) is 9.79. The van der Waals surface area contributed by atoms with E-state index in [4.69, 9.17) is 4.74 Å². The fraction of sp³-hybridized carbons (Fsp3) is 0.562. The van der Waals surface area contributed by atoms with E-state index in [9.17, 15) is 14.3 Å². The quantitative estimate of drug-likeness (QED) is 0.930. The van der Waals surface area contributed by atoms with Gasteiger partial charge in [0.05, 0.1) is 6.10 Å². The number of amides is 1. The minimum absolute atomic E-state index is 0.169. The Bertz CT molecular complexity index is 501. The minimum atomic E-state index is -1.06. The highest BCUT2D eigenvalue weighted by molar-refractivity contribution is 5.85. The van der Waals surface area contributed by atoms with E-state index < -0.39 is 11.7 Å². The van der Waals surface area contributed by atoms with Crippen LogP contribution >= 0.6 is 0 Å². The first-order valence-electron chi connectivity index (χ1n) is 7.21. The average molecular weight is 295 g/mol. The summed E-state index contributed by atoms with van der Waals surface area (Å²) in [6.07, 6.45) is 0.281. The van der Waals surface area contributed by atoms with Gasteiger partial charge in [-0.2, -0.15) is 0 Å². The van der Waals surface area contributed by atoms with Crippen molar-refractivity contribution in [3.63, 3.8) is 0 Å². The number of halogens is 1. The topological polar surface area (TPSA) is 49.8 Å². The fourth-order valence-electron chi connectivity index (χ4n) is 2.46. The van der Waals surface area contributed by atoms with Crippen LogP contribution in [0, 0.1) is 11.7 Å². The molecule has 0 radical (unpaired) electrons. The van der Waals surface area contributed by atoms with E-state index in [-0.39, 0.29) is 17.6 Å². The van der Waals surface area contributed by atoms with Crippen molar-refractivity contribution in [1.29, 1.82) is 0 Å². The second-order valence-corrected chi connectivity index (χ2v) is 6.15. The smallest absolute Gasteiger partial charge is 0.266 e. The van der Waals surface area contributed by atoms with Crippen molar-refractivity contribution in [2.45, 2.75) is 38.9 Å². The number of carbonyl (C=O) groups is 1. The van der Waals surface area contributed by atoms with Gasteiger partial charge in [0.1, 0.15) is 11.6 Å². The van der Waals surface area contributed by atoms with Crippen LogP contribution < -0.4 is 4.74 Å². The third-order valence-electron chi connectivity index (χ3n) is 3.91. The molecule has 1 aliphatic heterocycles. The van der Waals surface area contributed by atoms with E-state index in [2.05, 4.69) is 0 Å². The number of likely N-dealkylation sites (tertiary alicyclic amines) is 1. The largest absolute Gasteiger partial charge is 0.478 e. The summed E-state index contributed by atoms with van der Waals surface area (Å²) in [5.74, 6) is 0.133. The molecule has 1 N–H and O–H groups in total. The van der Waals surface area contributed by atoms with Crippen LogP contribution in [-0.4, -0.2) is 40.7 Å². The highest BCUT2D eigenvalue weighted by Gasteiger charge is 2.37. The zero-order valence-electron chi connectivity index (χ0n) is 12.7. The lowest BCUT2D eigenvalue weighted by Gasteiger charge is -2.38. The summed E-state index contributed by atoms with van der Waals surface area (Å²) in [6.45, 7) is 6.29. The van der Waals surface area contributed by atoms with Gasteiger partial charge in [-0.15, -0.1) is 0 Å². The van der Waals surface area contributed by atoms with Crippen molar-refractivity contribution in [3.8, 4) is 5.75 Å². The fourth-order valence-corrected chi connectivity index (χ4v) is 2.46. The van der Waals surface area contributed by atoms with Crippen LogP contribution in [0.4, 0.5) is 4.39 Å². The Hall–Kier alpha value is -1.62. The first kappa shape index (κ1) is 15.8. The number of aliphatic hydroxyl groups excluding tert-OH is 1. The molecular weight excluding hydrogens is 273 g/mol. The van der Waals surface area contributed by atoms with Crippen molar-refractivity contribution in [1.82, 2.24) is 4.90 Å². The van der Waals surface area contributed by atoms with Crippen molar-refractivity contribution < 1.29 is 19.0 Å². The van der Waals surface area contributed by atoms with Gasteiger partial charge in [-0.25, -0.2) is 4.39 Å². The molecule has 4 nitrogen and oxygen atoms in total. The summed E-state index contributed by atoms with van der Waals surface area (Å²) in [6, 6.07) is 5.58. The predicted octanol–water partition coefficient (Wildman–Crippen LogP) is 2.21. The zero-order valence-corrected chi connectivity index (χ0v) is 12.7. The van der Waals surface area contributed by atoms with E-state index in [0.29, 0.717) is 18.8 Å². The lowest BCUT2D eigenvalue weighted by atomic mass is 9.94. The Labute approximate surface area is 124 Å². The maximum Gasteiger partial charge on any atom is 0.266 e. The van der Waals surface area contributed by atoms with Gasteiger partial charge < -0.3 is 14.7 Å². The molecule has 0 aliphatic carbocycles. The van der Waals surface area contributed by atoms with Crippen LogP contribution in [0.25, 0.3) is 0 Å². The molecule has 1 amide bonds. The number of piperidine rings is 1. The maximum atomic E-state index is 12.9. The van der Waals surface area contributed by atoms with Gasteiger partial charge in [-0.3, -0.25) is 4.79 Å². The molecule has 2 unspecified atom stereocenters. The second-order valence-electron chi connectivity index (χ2n) is 6.15. The predicted molar refractivity (Wildman–Crippen MR) is 77.5 cm³/mol. The molecule has 5 heteroatoms. The van der Waals surface area contributed by atoms with Gasteiger partial charge in [-0.1, -0.05) is 6.92 Å². The molecule has 1 aliphatic rings. The van der Waals surface area contributed by atoms with Gasteiger partial charge in [0.2, 0.25) is 0 Å². The minimum Gasteiger partial charge on any atom is -0.478 e. The number of β-amino-alcohol motifs (C(OH)–C–C–N with tert-alkyl or cyclic N) is 1. The van der Waals surface area contributed by atoms with Crippen LogP contribution in [-0.2, 0) is 4.79 Å². The van der Waals surface area contributed by atoms with Crippen molar-refractivity contribution in [2.24, 2.45) is 5.92 Å². The van der Waals surface area contributed by atoms with Gasteiger partial charge in [0, 0.05) is 13.1 Å². The number of hydrogen-bond donors (Lipinski definition) is 1. The van der Waals surface area contributed by atoms with Crippen LogP contribution in [0.1, 0.15) is 27.2 Å². The second kappa shape index (κ2) is 6.02. The van der Waals surface area contributed by atoms with E-state index in [0.717, 1.165) is 6.42 Å². The summed E-state index contributed by atoms with van der Waals surface area (Å²) in [5.41, 5.74) is -1.06. The molecule has 116 valence electrons. The number of hydrogen-bond acceptors (Lipinski definition) is 3. The molecule has 2 atom stereocenters. The number of carbonyl (C=O) groups excluding carboxylic acids is 1. The standard InChI is InChI=1S/C16H22FNO3/c1-11-8-9-18(10-14(11)19)15(20)16(2,3)21-13-6-4-12(17)5-7-13/h4-7,11,14,19H,8-10H2,1-3H3. The first-order valence-corrected chi connectivity index (χ1v) is 7.21. The average Bonchev–Trinajstić information content (AvgIpc) is 2.43. The summed E-state index contributed by atoms with van der Waals surface area (Å²) in [4.78, 5) is 14.2. The van der Waals surface area contributed by atoms with E-state index in [1.165, 1.54) is 24.3 Å². The Kier molecular flexibility index (Phi) is 4.52. The summed E-state index contributed by atoms with van der Waals surface area (Å²) in [5, 5.41) is 9.91. The van der Waals surface area contributed by atoms with Crippen molar-refractivity contribution in [3.05, 3.63) is 30.1 Å². The molecule has 1 aromatic carbocycles. The molecule has 1 saturated heterocycles. The van der Waals surface area contributed by atoms with Crippen molar-refractivity contribution >= 4 is 5.91 Å². The van der Waals surface area contributed by atoms with Gasteiger partial charge in [-0.05, 0) is 50.5 Å². The Morgan fingerprint density at radius 1 is 1.38 bits per heavy atom. The third kappa shape index (κ3) is 3.73. The molecule has 0 bridgehead atoms. The highest BCUT2D eigenvalue weighted by atomic mass is 19.1. The molecule has 1 fully saturated rings. The van der Waals surface area contributed by atoms with E-state index in [1.54, 1.807) is 18.7 Å². The molecule has 1 heterocycles. The number of nitrogens with zero attached hydrogens (tertiary/aromatic N) is 1. The maximum absolute atomic E-state index is 12.9. The molecule has 1 aromatic rings. The monoisotopic (exact) mass is 295 g/mol. The SMILES string of the molecule is CC1CCN(C(=O)C(C)(C)Oc2ccc(F)cc2)CC1O. The van der Waals surface area contributed by atoms with Gasteiger partial charge in [0.15, 0.2) is 5.60 Å². The molecule has 2 rings (SSSR count). The van der Waals surface area contributed by atoms with Gasteiger partial charge in [0.25, 0.3) is 5.91 Å². The summed E-state index contributed by atoms with van der Waals surface area (Å²) >= 11 is 0. The molecule has 0 spiro atoms. The number of aliphatic hydroxyl groups is 1. The third-order valence-corrected chi connectivity index (χ3v) is 3.91. The highest BCUT2D eigenvalue weighted by Crippen LogP contribution is 2.24. The number of rotatable bonds is 3. The molecule has 0 saturated carbocycles. The van der Waals surface area contributed by atoms with E-state index >= 15 is 0 Å². The molecule has 0 aromatic heterocycles. The van der Waals surface area contributed by atoms with E-state index in [1.807, 2.05) is 6.92 Å². The lowest BCUT2D eigenvalue weighted by molar-refractivity contribution is -0.149. The Balaban J connectivity index is 2.04. The van der Waals surface area contributed by atoms with Crippen molar-refractivity contribution in [2.75, 3.05) is 13.1 Å². The van der Waals surface area contributed by atoms with Gasteiger partial charge >= 0.3 is 0 Å². The molecular formula is C16H22FNO3. The Morgan fingerprint density at radius 2 is 2.00 bits per heavy atom. The Morgan fingerprint density at radius 3 is 2.57 bits per heavy atom. The summed E-state index contributed by atoms with van der Waals surface area (Å²) < 4.78 is 18.6. The summed E-state index contributed by atoms with van der Waals surface area (Å²) in [7, 11) is 0.